The van der Waals surface area contributed by atoms with Crippen LogP contribution in [0.4, 0.5) is 0 Å². The van der Waals surface area contributed by atoms with Gasteiger partial charge in [-0.15, -0.1) is 0 Å². The molecule has 2 aromatic rings. The fourth-order valence-electron chi connectivity index (χ4n) is 5.66. The van der Waals surface area contributed by atoms with Crippen molar-refractivity contribution in [2.24, 2.45) is 12.5 Å². The molecule has 3 aliphatic rings. The Labute approximate surface area is 166 Å². The molecule has 1 N–H and O–H groups in total. The fraction of sp³-hybridized carbons (Fsp3) is 0.773. The molecule has 0 unspecified atom stereocenters. The minimum absolute atomic E-state index is 0.0591. The molecule has 2 bridgehead atoms. The van der Waals surface area contributed by atoms with Gasteiger partial charge < -0.3 is 4.98 Å². The maximum absolute atomic E-state index is 12.9. The molecule has 28 heavy (non-hydrogen) atoms. The smallest absolute Gasteiger partial charge is 0.332 e. The Hall–Kier alpha value is -1.85. The number of aromatic nitrogens is 4. The number of hydrogen-bond donors (Lipinski definition) is 1. The maximum atomic E-state index is 12.9. The first kappa shape index (κ1) is 19.5. The summed E-state index contributed by atoms with van der Waals surface area (Å²) in [5.41, 5.74) is 1.11. The molecule has 6 heteroatoms. The first-order valence-corrected chi connectivity index (χ1v) is 11.2. The van der Waals surface area contributed by atoms with Crippen LogP contribution < -0.4 is 11.2 Å². The number of H-pyrrole nitrogens is 1. The van der Waals surface area contributed by atoms with Crippen LogP contribution in [0, 0.1) is 5.41 Å². The molecule has 154 valence electrons. The van der Waals surface area contributed by atoms with E-state index in [0.29, 0.717) is 23.1 Å². The minimum atomic E-state index is -0.267. The number of aryl methyl sites for hydroxylation is 1. The third-order valence-electron chi connectivity index (χ3n) is 7.64. The van der Waals surface area contributed by atoms with Crippen molar-refractivity contribution < 1.29 is 0 Å². The quantitative estimate of drug-likeness (QED) is 0.731. The molecule has 0 atom stereocenters. The predicted octanol–water partition coefficient (Wildman–Crippen LogP) is 4.01. The zero-order valence-corrected chi connectivity index (χ0v) is 17.6. The van der Waals surface area contributed by atoms with E-state index in [4.69, 9.17) is 4.98 Å². The first-order valence-electron chi connectivity index (χ1n) is 11.2. The van der Waals surface area contributed by atoms with E-state index in [-0.39, 0.29) is 16.7 Å². The van der Waals surface area contributed by atoms with Crippen LogP contribution in [0.3, 0.4) is 0 Å². The lowest BCUT2D eigenvalue weighted by atomic mass is 9.52. The Balaban J connectivity index is 1.66. The molecule has 0 aliphatic heterocycles. The van der Waals surface area contributed by atoms with E-state index >= 15 is 0 Å². The van der Waals surface area contributed by atoms with Crippen LogP contribution in [0.2, 0.25) is 0 Å². The van der Waals surface area contributed by atoms with Gasteiger partial charge in [0.25, 0.3) is 5.56 Å². The van der Waals surface area contributed by atoms with Crippen molar-refractivity contribution in [2.75, 3.05) is 0 Å². The Kier molecular flexibility index (Phi) is 5.00. The molecular formula is C22H34N4O2. The molecule has 0 aromatic carbocycles. The van der Waals surface area contributed by atoms with Crippen LogP contribution in [0.15, 0.2) is 9.59 Å². The van der Waals surface area contributed by atoms with E-state index in [1.165, 1.54) is 54.1 Å². The number of nitrogens with one attached hydrogen (secondary N) is 1. The van der Waals surface area contributed by atoms with Crippen LogP contribution in [-0.2, 0) is 19.0 Å². The first-order chi connectivity index (χ1) is 13.5. The summed E-state index contributed by atoms with van der Waals surface area (Å²) in [6.07, 6.45) is 13.4. The van der Waals surface area contributed by atoms with Gasteiger partial charge in [-0.1, -0.05) is 33.1 Å². The van der Waals surface area contributed by atoms with E-state index in [1.807, 2.05) is 6.92 Å². The highest BCUT2D eigenvalue weighted by Crippen LogP contribution is 2.59. The van der Waals surface area contributed by atoms with Crippen molar-refractivity contribution in [1.29, 1.82) is 0 Å². The Morgan fingerprint density at radius 3 is 2.29 bits per heavy atom. The van der Waals surface area contributed by atoms with Crippen molar-refractivity contribution >= 4 is 11.2 Å². The van der Waals surface area contributed by atoms with E-state index in [0.717, 1.165) is 31.5 Å². The zero-order valence-electron chi connectivity index (χ0n) is 17.6. The Bertz CT molecular complexity index is 956. The molecule has 3 fully saturated rings. The van der Waals surface area contributed by atoms with E-state index in [9.17, 15) is 9.59 Å². The maximum Gasteiger partial charge on any atom is 0.332 e. The number of rotatable bonds is 7. The summed E-state index contributed by atoms with van der Waals surface area (Å²) in [5, 5.41) is 0. The van der Waals surface area contributed by atoms with Crippen LogP contribution in [0.5, 0.6) is 0 Å². The Morgan fingerprint density at radius 2 is 1.68 bits per heavy atom. The second-order valence-corrected chi connectivity index (χ2v) is 9.32. The number of hydrogen-bond acceptors (Lipinski definition) is 3. The number of fused-ring (bicyclic) bond motifs is 4. The third-order valence-corrected chi connectivity index (χ3v) is 7.64. The summed E-state index contributed by atoms with van der Waals surface area (Å²) in [5.74, 6) is 0.936. The molecule has 3 saturated carbocycles. The zero-order chi connectivity index (χ0) is 19.9. The van der Waals surface area contributed by atoms with Crippen LogP contribution in [0.1, 0.15) is 90.3 Å². The van der Waals surface area contributed by atoms with Gasteiger partial charge >= 0.3 is 5.69 Å². The van der Waals surface area contributed by atoms with Gasteiger partial charge in [-0.25, -0.2) is 9.78 Å². The summed E-state index contributed by atoms with van der Waals surface area (Å²) in [4.78, 5) is 33.6. The highest BCUT2D eigenvalue weighted by molar-refractivity contribution is 5.70. The summed E-state index contributed by atoms with van der Waals surface area (Å²) >= 11 is 0. The summed E-state index contributed by atoms with van der Waals surface area (Å²) in [6, 6.07) is 0. The third kappa shape index (κ3) is 2.96. The SMILES string of the molecule is CCCCCC12CCC(c3nc4c([nH]3)c(=O)n(CCC)c(=O)n4C)(CC1)CC2. The van der Waals surface area contributed by atoms with Gasteiger partial charge in [0, 0.05) is 19.0 Å². The average Bonchev–Trinajstić information content (AvgIpc) is 3.18. The van der Waals surface area contributed by atoms with Gasteiger partial charge in [0.1, 0.15) is 11.3 Å². The van der Waals surface area contributed by atoms with Crippen molar-refractivity contribution in [3.05, 3.63) is 26.7 Å². The molecule has 3 aliphatic carbocycles. The standard InChI is InChI=1S/C22H34N4O2/c1-4-6-7-8-21-9-12-22(13-10-21,14-11-21)19-23-16-17(24-19)25(3)20(28)26(15-5-2)18(16)27/h4-15H2,1-3H3,(H,23,24). The van der Waals surface area contributed by atoms with Gasteiger partial charge in [-0.3, -0.25) is 13.9 Å². The van der Waals surface area contributed by atoms with E-state index in [2.05, 4.69) is 11.9 Å². The molecule has 0 radical (unpaired) electrons. The molecule has 0 spiro atoms. The van der Waals surface area contributed by atoms with Gasteiger partial charge in [0.05, 0.1) is 0 Å². The van der Waals surface area contributed by atoms with Crippen molar-refractivity contribution in [3.63, 3.8) is 0 Å². The van der Waals surface area contributed by atoms with E-state index in [1.54, 1.807) is 7.05 Å². The molecule has 0 amide bonds. The topological polar surface area (TPSA) is 72.7 Å². The molecule has 6 nitrogen and oxygen atoms in total. The average molecular weight is 387 g/mol. The molecule has 2 heterocycles. The van der Waals surface area contributed by atoms with Crippen molar-refractivity contribution in [2.45, 2.75) is 96.4 Å². The molecule has 0 saturated heterocycles. The second-order valence-electron chi connectivity index (χ2n) is 9.32. The molecule has 5 rings (SSSR count). The van der Waals surface area contributed by atoms with Gasteiger partial charge in [-0.2, -0.15) is 0 Å². The lowest BCUT2D eigenvalue weighted by molar-refractivity contribution is 0.0269. The number of nitrogens with zero attached hydrogens (tertiary/aromatic N) is 3. The minimum Gasteiger partial charge on any atom is -0.336 e. The van der Waals surface area contributed by atoms with Gasteiger partial charge in [-0.05, 0) is 56.8 Å². The van der Waals surface area contributed by atoms with Crippen LogP contribution >= 0.6 is 0 Å². The number of aromatic amines is 1. The normalized spacial score (nSPS) is 27.0. The highest BCUT2D eigenvalue weighted by atomic mass is 16.2. The predicted molar refractivity (Wildman–Crippen MR) is 112 cm³/mol. The fourth-order valence-corrected chi connectivity index (χ4v) is 5.66. The summed E-state index contributed by atoms with van der Waals surface area (Å²) in [7, 11) is 1.72. The second kappa shape index (κ2) is 7.20. The van der Waals surface area contributed by atoms with Gasteiger partial charge in [0.15, 0.2) is 5.65 Å². The van der Waals surface area contributed by atoms with Crippen molar-refractivity contribution in [1.82, 2.24) is 19.1 Å². The number of unbranched alkanes of at least 4 members (excludes halogenated alkanes) is 2. The largest absolute Gasteiger partial charge is 0.336 e. The van der Waals surface area contributed by atoms with Crippen molar-refractivity contribution in [3.8, 4) is 0 Å². The monoisotopic (exact) mass is 386 g/mol. The Morgan fingerprint density at radius 1 is 1.00 bits per heavy atom. The lowest BCUT2D eigenvalue weighted by Gasteiger charge is -2.53. The van der Waals surface area contributed by atoms with Crippen LogP contribution in [0.25, 0.3) is 11.2 Å². The van der Waals surface area contributed by atoms with Gasteiger partial charge in [0.2, 0.25) is 0 Å². The summed E-state index contributed by atoms with van der Waals surface area (Å²) < 4.78 is 2.87. The molecular weight excluding hydrogens is 352 g/mol. The number of imidazole rings is 1. The van der Waals surface area contributed by atoms with E-state index < -0.39 is 0 Å². The lowest BCUT2D eigenvalue weighted by Crippen LogP contribution is -2.44. The summed E-state index contributed by atoms with van der Waals surface area (Å²) in [6.45, 7) is 4.69. The highest BCUT2D eigenvalue weighted by Gasteiger charge is 2.50. The van der Waals surface area contributed by atoms with Crippen LogP contribution in [-0.4, -0.2) is 19.1 Å². The molecule has 2 aromatic heterocycles.